The maximum Gasteiger partial charge on any atom is 0.420 e. The van der Waals surface area contributed by atoms with Crippen LogP contribution >= 0.6 is 0 Å². The molecule has 0 N–H and O–H groups in total. The van der Waals surface area contributed by atoms with Crippen LogP contribution < -0.4 is 14.2 Å². The molecular formula is C34H44O5. The van der Waals surface area contributed by atoms with Crippen molar-refractivity contribution in [2.45, 2.75) is 76.8 Å². The van der Waals surface area contributed by atoms with Gasteiger partial charge < -0.3 is 23.7 Å². The van der Waals surface area contributed by atoms with Gasteiger partial charge in [-0.1, -0.05) is 100 Å². The first-order valence-electron chi connectivity index (χ1n) is 14.7. The van der Waals surface area contributed by atoms with Crippen LogP contribution in [0.1, 0.15) is 64.7 Å². The van der Waals surface area contributed by atoms with Gasteiger partial charge in [-0.2, -0.15) is 0 Å². The van der Waals surface area contributed by atoms with Crippen molar-refractivity contribution in [2.75, 3.05) is 19.8 Å². The third kappa shape index (κ3) is 10.2. The Morgan fingerprint density at radius 2 is 1.13 bits per heavy atom. The molecule has 0 saturated carbocycles. The maximum absolute atomic E-state index is 6.77. The van der Waals surface area contributed by atoms with Gasteiger partial charge in [0.25, 0.3) is 0 Å². The molecule has 1 heterocycles. The van der Waals surface area contributed by atoms with E-state index in [0.29, 0.717) is 30.5 Å². The summed E-state index contributed by atoms with van der Waals surface area (Å²) in [5.41, 5.74) is 0. The van der Waals surface area contributed by atoms with Gasteiger partial charge in [-0.15, -0.1) is 0 Å². The lowest BCUT2D eigenvalue weighted by Crippen LogP contribution is -2.54. The smallest absolute Gasteiger partial charge is 0.420 e. The van der Waals surface area contributed by atoms with Crippen molar-refractivity contribution in [3.8, 4) is 17.2 Å². The molecule has 1 aliphatic rings. The molecule has 1 aliphatic heterocycles. The molecule has 5 nitrogen and oxygen atoms in total. The second kappa shape index (κ2) is 16.2. The van der Waals surface area contributed by atoms with Crippen molar-refractivity contribution in [3.63, 3.8) is 0 Å². The fourth-order valence-corrected chi connectivity index (χ4v) is 4.75. The van der Waals surface area contributed by atoms with Crippen molar-refractivity contribution in [3.05, 3.63) is 91.0 Å². The second-order valence-electron chi connectivity index (χ2n) is 10.3. The number of benzene rings is 3. The van der Waals surface area contributed by atoms with E-state index in [9.17, 15) is 0 Å². The number of ether oxygens (including phenoxy) is 5. The maximum atomic E-state index is 6.77. The van der Waals surface area contributed by atoms with Gasteiger partial charge in [0.15, 0.2) is 0 Å². The monoisotopic (exact) mass is 532 g/mol. The van der Waals surface area contributed by atoms with E-state index in [4.69, 9.17) is 23.7 Å². The van der Waals surface area contributed by atoms with Gasteiger partial charge in [0.2, 0.25) is 0 Å². The minimum Gasteiger partial charge on any atom is -0.420 e. The molecule has 1 unspecified atom stereocenters. The van der Waals surface area contributed by atoms with Gasteiger partial charge in [-0.05, 0) is 55.7 Å². The Hall–Kier alpha value is -3.02. The average molecular weight is 533 g/mol. The summed E-state index contributed by atoms with van der Waals surface area (Å²) >= 11 is 0. The lowest BCUT2D eigenvalue weighted by Gasteiger charge is -2.40. The van der Waals surface area contributed by atoms with Crippen LogP contribution in [0.2, 0.25) is 0 Å². The first-order chi connectivity index (χ1) is 19.3. The SMILES string of the molecule is CCCCCCCC[C@H](CCCOCC1CO1)C(Oc1ccccc1)(Oc1ccccc1)Oc1ccccc1. The molecule has 0 aromatic heterocycles. The predicted molar refractivity (Wildman–Crippen MR) is 155 cm³/mol. The van der Waals surface area contributed by atoms with Crippen LogP contribution in [0, 0.1) is 5.92 Å². The summed E-state index contributed by atoms with van der Waals surface area (Å²) < 4.78 is 31.5. The molecule has 2 atom stereocenters. The molecular weight excluding hydrogens is 488 g/mol. The molecule has 210 valence electrons. The lowest BCUT2D eigenvalue weighted by molar-refractivity contribution is -0.288. The molecule has 0 aliphatic carbocycles. The Morgan fingerprint density at radius 3 is 1.62 bits per heavy atom. The highest BCUT2D eigenvalue weighted by Crippen LogP contribution is 2.37. The third-order valence-electron chi connectivity index (χ3n) is 6.96. The Kier molecular flexibility index (Phi) is 12.0. The van der Waals surface area contributed by atoms with E-state index in [-0.39, 0.29) is 12.0 Å². The first-order valence-corrected chi connectivity index (χ1v) is 14.7. The van der Waals surface area contributed by atoms with Crippen molar-refractivity contribution in [1.82, 2.24) is 0 Å². The van der Waals surface area contributed by atoms with Gasteiger partial charge in [0.1, 0.15) is 23.4 Å². The molecule has 39 heavy (non-hydrogen) atoms. The average Bonchev–Trinajstić information content (AvgIpc) is 3.80. The summed E-state index contributed by atoms with van der Waals surface area (Å²) in [5, 5.41) is 0. The number of epoxide rings is 1. The Morgan fingerprint density at radius 1 is 0.667 bits per heavy atom. The summed E-state index contributed by atoms with van der Waals surface area (Å²) in [6, 6.07) is 29.5. The number of para-hydroxylation sites is 3. The zero-order valence-electron chi connectivity index (χ0n) is 23.3. The van der Waals surface area contributed by atoms with Crippen molar-refractivity contribution in [1.29, 1.82) is 0 Å². The Labute approximate surface area is 234 Å². The molecule has 3 aromatic carbocycles. The summed E-state index contributed by atoms with van der Waals surface area (Å²) in [7, 11) is 0. The van der Waals surface area contributed by atoms with Crippen molar-refractivity contribution >= 4 is 0 Å². The van der Waals surface area contributed by atoms with Gasteiger partial charge in [0.05, 0.1) is 19.1 Å². The third-order valence-corrected chi connectivity index (χ3v) is 6.96. The van der Waals surface area contributed by atoms with E-state index >= 15 is 0 Å². The quantitative estimate of drug-likeness (QED) is 0.0830. The molecule has 0 bridgehead atoms. The molecule has 1 fully saturated rings. The van der Waals surface area contributed by atoms with E-state index in [1.165, 1.54) is 32.1 Å². The second-order valence-corrected chi connectivity index (χ2v) is 10.3. The fourth-order valence-electron chi connectivity index (χ4n) is 4.75. The molecule has 1 saturated heterocycles. The molecule has 0 radical (unpaired) electrons. The number of rotatable bonds is 20. The summed E-state index contributed by atoms with van der Waals surface area (Å²) in [5.74, 6) is 0.732. The largest absolute Gasteiger partial charge is 0.420 e. The predicted octanol–water partition coefficient (Wildman–Crippen LogP) is 8.44. The molecule has 0 spiro atoms. The normalized spacial score (nSPS) is 15.5. The van der Waals surface area contributed by atoms with Crippen LogP contribution in [0.25, 0.3) is 0 Å². The van der Waals surface area contributed by atoms with E-state index < -0.39 is 5.97 Å². The number of hydrogen-bond donors (Lipinski definition) is 0. The number of unbranched alkanes of at least 4 members (excludes halogenated alkanes) is 5. The standard InChI is InChI=1S/C34H44O5/c1-2-3-4-5-6-10-18-29(19-17-26-35-27-33-28-36-33)34(37-30-20-11-7-12-21-30,38-31-22-13-8-14-23-31)39-32-24-15-9-16-25-32/h7-9,11-16,20-25,29,33H,2-6,10,17-19,26-28H2,1H3/t29-,33?/m1/s1. The topological polar surface area (TPSA) is 49.5 Å². The minimum atomic E-state index is -1.35. The van der Waals surface area contributed by atoms with Crippen molar-refractivity contribution in [2.24, 2.45) is 5.92 Å². The Balaban J connectivity index is 1.60. The van der Waals surface area contributed by atoms with Crippen LogP contribution in [-0.4, -0.2) is 31.9 Å². The molecule has 0 amide bonds. The van der Waals surface area contributed by atoms with Gasteiger partial charge >= 0.3 is 5.97 Å². The molecule has 3 aromatic rings. The molecule has 5 heteroatoms. The highest BCUT2D eigenvalue weighted by atomic mass is 16.9. The minimum absolute atomic E-state index is 0.0370. The highest BCUT2D eigenvalue weighted by molar-refractivity contribution is 5.26. The highest BCUT2D eigenvalue weighted by Gasteiger charge is 2.47. The van der Waals surface area contributed by atoms with Crippen LogP contribution in [0.4, 0.5) is 0 Å². The van der Waals surface area contributed by atoms with E-state index in [1.54, 1.807) is 0 Å². The van der Waals surface area contributed by atoms with Crippen LogP contribution in [-0.2, 0) is 9.47 Å². The zero-order valence-corrected chi connectivity index (χ0v) is 23.3. The van der Waals surface area contributed by atoms with Crippen LogP contribution in [0.15, 0.2) is 91.0 Å². The van der Waals surface area contributed by atoms with Crippen molar-refractivity contribution < 1.29 is 23.7 Å². The van der Waals surface area contributed by atoms with Crippen LogP contribution in [0.5, 0.6) is 17.2 Å². The number of hydrogen-bond acceptors (Lipinski definition) is 5. The van der Waals surface area contributed by atoms with E-state index in [2.05, 4.69) is 6.92 Å². The summed E-state index contributed by atoms with van der Waals surface area (Å²) in [6.07, 6.45) is 10.2. The first kappa shape index (κ1) is 29.0. The van der Waals surface area contributed by atoms with E-state index in [1.807, 2.05) is 91.0 Å². The Bertz CT molecular complexity index is 922. The van der Waals surface area contributed by atoms with E-state index in [0.717, 1.165) is 32.3 Å². The summed E-state index contributed by atoms with van der Waals surface area (Å²) in [6.45, 7) is 4.40. The zero-order chi connectivity index (χ0) is 27.0. The molecule has 4 rings (SSSR count). The van der Waals surface area contributed by atoms with Gasteiger partial charge in [-0.25, -0.2) is 0 Å². The van der Waals surface area contributed by atoms with Gasteiger partial charge in [0, 0.05) is 6.61 Å². The summed E-state index contributed by atoms with van der Waals surface area (Å²) in [4.78, 5) is 0. The lowest BCUT2D eigenvalue weighted by atomic mass is 9.92. The van der Waals surface area contributed by atoms with Crippen LogP contribution in [0.3, 0.4) is 0 Å². The van der Waals surface area contributed by atoms with Gasteiger partial charge in [-0.3, -0.25) is 0 Å². The fraction of sp³-hybridized carbons (Fsp3) is 0.471.